The van der Waals surface area contributed by atoms with Crippen molar-refractivity contribution in [2.45, 2.75) is 6.42 Å². The Bertz CT molecular complexity index is 483. The highest BCUT2D eigenvalue weighted by Gasteiger charge is 2.14. The minimum Gasteiger partial charge on any atom is -0.477 e. The summed E-state index contributed by atoms with van der Waals surface area (Å²) < 4.78 is 0. The summed E-state index contributed by atoms with van der Waals surface area (Å²) in [6.07, 6.45) is 3.81. The molecule has 0 radical (unpaired) electrons. The van der Waals surface area contributed by atoms with Crippen LogP contribution in [0.5, 0.6) is 0 Å². The average molecular weight is 237 g/mol. The summed E-state index contributed by atoms with van der Waals surface area (Å²) in [6, 6.07) is 7.07. The van der Waals surface area contributed by atoms with Crippen LogP contribution < -0.4 is 5.01 Å². The predicted octanol–water partition coefficient (Wildman–Crippen LogP) is 2.50. The molecule has 1 heterocycles. The first-order valence-electron chi connectivity index (χ1n) is 4.69. The highest BCUT2D eigenvalue weighted by molar-refractivity contribution is 6.36. The van der Waals surface area contributed by atoms with Gasteiger partial charge in [-0.05, 0) is 18.2 Å². The average Bonchev–Trinajstić information content (AvgIpc) is 2.29. The number of aliphatic carboxylic acids is 1. The predicted molar refractivity (Wildman–Crippen MR) is 62.8 cm³/mol. The van der Waals surface area contributed by atoms with E-state index >= 15 is 0 Å². The smallest absolute Gasteiger partial charge is 0.352 e. The Balaban J connectivity index is 2.31. The van der Waals surface area contributed by atoms with Crippen molar-refractivity contribution >= 4 is 29.0 Å². The fourth-order valence-corrected chi connectivity index (χ4v) is 1.55. The quantitative estimate of drug-likeness (QED) is 0.858. The van der Waals surface area contributed by atoms with E-state index < -0.39 is 5.97 Å². The number of hydrazone groups is 1. The van der Waals surface area contributed by atoms with E-state index in [1.165, 1.54) is 5.01 Å². The first-order chi connectivity index (χ1) is 7.66. The fourth-order valence-electron chi connectivity index (χ4n) is 1.36. The van der Waals surface area contributed by atoms with Gasteiger partial charge in [0.15, 0.2) is 0 Å². The van der Waals surface area contributed by atoms with E-state index in [1.807, 2.05) is 6.07 Å². The number of halogens is 1. The lowest BCUT2D eigenvalue weighted by Crippen LogP contribution is -2.22. The molecule has 0 aliphatic carbocycles. The van der Waals surface area contributed by atoms with Gasteiger partial charge in [0, 0.05) is 17.6 Å². The van der Waals surface area contributed by atoms with Gasteiger partial charge in [-0.1, -0.05) is 23.7 Å². The lowest BCUT2D eigenvalue weighted by atomic mass is 10.2. The van der Waals surface area contributed by atoms with Crippen LogP contribution in [0.1, 0.15) is 6.42 Å². The maximum Gasteiger partial charge on any atom is 0.352 e. The SMILES string of the molecule is O=C(O)C1=NN(c2cccc(Cl)c2)C=CC1. The van der Waals surface area contributed by atoms with Crippen LogP contribution in [-0.2, 0) is 4.79 Å². The Morgan fingerprint density at radius 1 is 1.50 bits per heavy atom. The summed E-state index contributed by atoms with van der Waals surface area (Å²) >= 11 is 5.85. The van der Waals surface area contributed by atoms with Crippen molar-refractivity contribution in [3.05, 3.63) is 41.6 Å². The van der Waals surface area contributed by atoms with Crippen LogP contribution in [0, 0.1) is 0 Å². The molecule has 1 aromatic carbocycles. The zero-order chi connectivity index (χ0) is 11.5. The van der Waals surface area contributed by atoms with Gasteiger partial charge < -0.3 is 5.11 Å². The highest BCUT2D eigenvalue weighted by atomic mass is 35.5. The Morgan fingerprint density at radius 3 is 3.00 bits per heavy atom. The molecule has 0 bridgehead atoms. The zero-order valence-electron chi connectivity index (χ0n) is 8.30. The van der Waals surface area contributed by atoms with Crippen molar-refractivity contribution in [2.24, 2.45) is 5.10 Å². The van der Waals surface area contributed by atoms with Gasteiger partial charge in [-0.2, -0.15) is 5.10 Å². The van der Waals surface area contributed by atoms with Crippen molar-refractivity contribution in [1.29, 1.82) is 0 Å². The Labute approximate surface area is 97.4 Å². The molecule has 0 unspecified atom stereocenters. The van der Waals surface area contributed by atoms with Crippen LogP contribution in [0.15, 0.2) is 41.6 Å². The second-order valence-corrected chi connectivity index (χ2v) is 3.70. The molecule has 0 spiro atoms. The zero-order valence-corrected chi connectivity index (χ0v) is 9.05. The minimum absolute atomic E-state index is 0.113. The van der Waals surface area contributed by atoms with Crippen LogP contribution in [0.3, 0.4) is 0 Å². The summed E-state index contributed by atoms with van der Waals surface area (Å²) in [5.41, 5.74) is 0.852. The molecule has 0 saturated carbocycles. The van der Waals surface area contributed by atoms with Gasteiger partial charge in [-0.25, -0.2) is 9.80 Å². The van der Waals surface area contributed by atoms with Crippen molar-refractivity contribution in [1.82, 2.24) is 0 Å². The number of hydrogen-bond donors (Lipinski definition) is 1. The van der Waals surface area contributed by atoms with Crippen LogP contribution >= 0.6 is 11.6 Å². The number of benzene rings is 1. The Hall–Kier alpha value is -1.81. The number of carboxylic acid groups (broad SMARTS) is 1. The molecule has 0 amide bonds. The van der Waals surface area contributed by atoms with E-state index in [1.54, 1.807) is 30.5 Å². The molecule has 2 rings (SSSR count). The number of anilines is 1. The first kappa shape index (κ1) is 10.7. The van der Waals surface area contributed by atoms with E-state index in [0.29, 0.717) is 11.4 Å². The molecule has 4 nitrogen and oxygen atoms in total. The van der Waals surface area contributed by atoms with Crippen molar-refractivity contribution in [3.8, 4) is 0 Å². The molecule has 0 fully saturated rings. The molecule has 16 heavy (non-hydrogen) atoms. The van der Waals surface area contributed by atoms with Gasteiger partial charge >= 0.3 is 5.97 Å². The number of nitrogens with zero attached hydrogens (tertiary/aromatic N) is 2. The summed E-state index contributed by atoms with van der Waals surface area (Å²) in [6.45, 7) is 0. The summed E-state index contributed by atoms with van der Waals surface area (Å²) in [5.74, 6) is -1.00. The summed E-state index contributed by atoms with van der Waals surface area (Å²) in [4.78, 5) is 10.8. The standard InChI is InChI=1S/C11H9ClN2O2/c12-8-3-1-4-9(7-8)14-6-2-5-10(13-14)11(15)16/h1-4,6-7H,5H2,(H,15,16). The molecular formula is C11H9ClN2O2. The van der Waals surface area contributed by atoms with Gasteiger partial charge in [-0.3, -0.25) is 0 Å². The normalized spacial score (nSPS) is 14.8. The van der Waals surface area contributed by atoms with Gasteiger partial charge in [0.25, 0.3) is 0 Å². The van der Waals surface area contributed by atoms with Crippen LogP contribution in [0.4, 0.5) is 5.69 Å². The summed E-state index contributed by atoms with van der Waals surface area (Å²) in [7, 11) is 0. The highest BCUT2D eigenvalue weighted by Crippen LogP contribution is 2.21. The second kappa shape index (κ2) is 4.37. The Kier molecular flexibility index (Phi) is 2.92. The molecular weight excluding hydrogens is 228 g/mol. The van der Waals surface area contributed by atoms with Gasteiger partial charge in [-0.15, -0.1) is 0 Å². The molecule has 82 valence electrons. The second-order valence-electron chi connectivity index (χ2n) is 3.27. The monoisotopic (exact) mass is 236 g/mol. The van der Waals surface area contributed by atoms with Crippen LogP contribution in [0.2, 0.25) is 5.02 Å². The largest absolute Gasteiger partial charge is 0.477 e. The molecule has 1 aliphatic rings. The molecule has 1 N–H and O–H groups in total. The van der Waals surface area contributed by atoms with Crippen LogP contribution in [-0.4, -0.2) is 16.8 Å². The third-order valence-corrected chi connectivity index (χ3v) is 2.34. The van der Waals surface area contributed by atoms with E-state index in [2.05, 4.69) is 5.10 Å². The van der Waals surface area contributed by atoms with Gasteiger partial charge in [0.2, 0.25) is 0 Å². The minimum atomic E-state index is -1.00. The van der Waals surface area contributed by atoms with Crippen molar-refractivity contribution in [2.75, 3.05) is 5.01 Å². The van der Waals surface area contributed by atoms with Crippen molar-refractivity contribution in [3.63, 3.8) is 0 Å². The lowest BCUT2D eigenvalue weighted by Gasteiger charge is -2.18. The van der Waals surface area contributed by atoms with Gasteiger partial charge in [0.1, 0.15) is 5.71 Å². The van der Waals surface area contributed by atoms with E-state index in [4.69, 9.17) is 16.7 Å². The molecule has 1 aromatic rings. The van der Waals surface area contributed by atoms with E-state index in [9.17, 15) is 4.79 Å². The number of rotatable bonds is 2. The van der Waals surface area contributed by atoms with Crippen LogP contribution in [0.25, 0.3) is 0 Å². The lowest BCUT2D eigenvalue weighted by molar-refractivity contribution is -0.129. The molecule has 0 saturated heterocycles. The third kappa shape index (κ3) is 2.23. The van der Waals surface area contributed by atoms with E-state index in [0.717, 1.165) is 5.69 Å². The molecule has 1 aliphatic heterocycles. The maximum absolute atomic E-state index is 10.8. The molecule has 0 aromatic heterocycles. The third-order valence-electron chi connectivity index (χ3n) is 2.11. The fraction of sp³-hybridized carbons (Fsp3) is 0.0909. The van der Waals surface area contributed by atoms with E-state index in [-0.39, 0.29) is 5.71 Å². The first-order valence-corrected chi connectivity index (χ1v) is 5.07. The maximum atomic E-state index is 10.8. The summed E-state index contributed by atoms with van der Waals surface area (Å²) in [5, 5.41) is 14.9. The molecule has 5 heteroatoms. The van der Waals surface area contributed by atoms with Crippen molar-refractivity contribution < 1.29 is 9.90 Å². The Morgan fingerprint density at radius 2 is 2.31 bits per heavy atom. The number of hydrogen-bond acceptors (Lipinski definition) is 3. The number of carboxylic acids is 1. The molecule has 0 atom stereocenters. The number of allylic oxidation sites excluding steroid dienone is 1. The van der Waals surface area contributed by atoms with Gasteiger partial charge in [0.05, 0.1) is 5.69 Å². The topological polar surface area (TPSA) is 52.9 Å². The number of carbonyl (C=O) groups is 1.